The standard InChI is InChI=1S/C18H21ClN2O4S/c1-11-6-12(2)18(13(3)7-11)26(22,23)21-20-10-14-8-15(19)17(25-5)16(9-14)24-4/h6-10,21H,1-5H3/b20-10+. The molecule has 0 aliphatic rings. The fraction of sp³-hybridized carbons (Fsp3) is 0.278. The molecule has 6 nitrogen and oxygen atoms in total. The molecule has 0 saturated heterocycles. The summed E-state index contributed by atoms with van der Waals surface area (Å²) in [5.74, 6) is 0.826. The molecule has 0 aliphatic carbocycles. The number of halogens is 1. The van der Waals surface area contributed by atoms with Crippen LogP contribution in [-0.2, 0) is 10.0 Å². The Morgan fingerprint density at radius 2 is 1.65 bits per heavy atom. The Bertz CT molecular complexity index is 933. The van der Waals surface area contributed by atoms with Crippen LogP contribution in [0, 0.1) is 20.8 Å². The molecule has 0 unspecified atom stereocenters. The first-order valence-electron chi connectivity index (χ1n) is 7.74. The highest BCUT2D eigenvalue weighted by Gasteiger charge is 2.19. The van der Waals surface area contributed by atoms with E-state index in [2.05, 4.69) is 9.93 Å². The molecule has 0 bridgehead atoms. The van der Waals surface area contributed by atoms with E-state index in [9.17, 15) is 8.42 Å². The van der Waals surface area contributed by atoms with Crippen molar-refractivity contribution in [2.45, 2.75) is 25.7 Å². The van der Waals surface area contributed by atoms with Gasteiger partial charge >= 0.3 is 0 Å². The number of ether oxygens (including phenoxy) is 2. The van der Waals surface area contributed by atoms with Crippen LogP contribution >= 0.6 is 11.6 Å². The molecule has 0 amide bonds. The summed E-state index contributed by atoms with van der Waals surface area (Å²) in [6, 6.07) is 6.88. The number of methoxy groups -OCH3 is 2. The van der Waals surface area contributed by atoms with Gasteiger partial charge in [-0.2, -0.15) is 13.5 Å². The Kier molecular flexibility index (Phi) is 6.15. The zero-order chi connectivity index (χ0) is 19.5. The van der Waals surface area contributed by atoms with Crippen LogP contribution in [0.25, 0.3) is 0 Å². The van der Waals surface area contributed by atoms with E-state index in [4.69, 9.17) is 21.1 Å². The summed E-state index contributed by atoms with van der Waals surface area (Å²) < 4.78 is 35.5. The first kappa shape index (κ1) is 20.1. The van der Waals surface area contributed by atoms with Crippen molar-refractivity contribution in [1.82, 2.24) is 4.83 Å². The third kappa shape index (κ3) is 4.28. The highest BCUT2D eigenvalue weighted by atomic mass is 35.5. The molecule has 26 heavy (non-hydrogen) atoms. The van der Waals surface area contributed by atoms with Gasteiger partial charge in [0.15, 0.2) is 11.5 Å². The molecule has 0 saturated carbocycles. The predicted molar refractivity (Wildman–Crippen MR) is 103 cm³/mol. The Labute approximate surface area is 158 Å². The van der Waals surface area contributed by atoms with Crippen molar-refractivity contribution in [3.63, 3.8) is 0 Å². The van der Waals surface area contributed by atoms with Crippen molar-refractivity contribution in [2.24, 2.45) is 5.10 Å². The van der Waals surface area contributed by atoms with Gasteiger partial charge in [0.1, 0.15) is 0 Å². The second-order valence-corrected chi connectivity index (χ2v) is 7.82. The van der Waals surface area contributed by atoms with Gasteiger partial charge in [-0.25, -0.2) is 4.83 Å². The van der Waals surface area contributed by atoms with Crippen molar-refractivity contribution >= 4 is 27.8 Å². The fourth-order valence-electron chi connectivity index (χ4n) is 2.82. The summed E-state index contributed by atoms with van der Waals surface area (Å²) in [6.45, 7) is 5.43. The predicted octanol–water partition coefficient (Wildman–Crippen LogP) is 3.59. The van der Waals surface area contributed by atoms with Crippen LogP contribution < -0.4 is 14.3 Å². The Balaban J connectivity index is 2.29. The zero-order valence-corrected chi connectivity index (χ0v) is 16.8. The molecule has 8 heteroatoms. The van der Waals surface area contributed by atoms with E-state index in [1.165, 1.54) is 20.4 Å². The number of nitrogens with zero attached hydrogens (tertiary/aromatic N) is 1. The third-order valence-corrected chi connectivity index (χ3v) is 5.52. The summed E-state index contributed by atoms with van der Waals surface area (Å²) in [5.41, 5.74) is 2.90. The molecule has 1 N–H and O–H groups in total. The van der Waals surface area contributed by atoms with Crippen LogP contribution in [0.4, 0.5) is 0 Å². The summed E-state index contributed by atoms with van der Waals surface area (Å²) in [5, 5.41) is 4.18. The Morgan fingerprint density at radius 3 is 2.19 bits per heavy atom. The van der Waals surface area contributed by atoms with Crippen LogP contribution in [0.5, 0.6) is 11.5 Å². The third-order valence-electron chi connectivity index (χ3n) is 3.72. The van der Waals surface area contributed by atoms with Gasteiger partial charge in [0, 0.05) is 0 Å². The lowest BCUT2D eigenvalue weighted by atomic mass is 10.1. The lowest BCUT2D eigenvalue weighted by Crippen LogP contribution is -2.20. The van der Waals surface area contributed by atoms with Gasteiger partial charge in [-0.05, 0) is 49.6 Å². The van der Waals surface area contributed by atoms with Gasteiger partial charge in [0.05, 0.1) is 30.4 Å². The number of sulfonamides is 1. The van der Waals surface area contributed by atoms with Gasteiger partial charge in [-0.1, -0.05) is 29.3 Å². The maximum absolute atomic E-state index is 12.6. The van der Waals surface area contributed by atoms with E-state index in [1.807, 2.05) is 19.1 Å². The number of benzene rings is 2. The lowest BCUT2D eigenvalue weighted by molar-refractivity contribution is 0.355. The number of nitrogens with one attached hydrogen (secondary N) is 1. The van der Waals surface area contributed by atoms with Crippen molar-refractivity contribution < 1.29 is 17.9 Å². The van der Waals surface area contributed by atoms with Gasteiger partial charge in [-0.3, -0.25) is 0 Å². The van der Waals surface area contributed by atoms with Crippen LogP contribution in [0.3, 0.4) is 0 Å². The van der Waals surface area contributed by atoms with Crippen LogP contribution in [0.2, 0.25) is 5.02 Å². The SMILES string of the molecule is COc1cc(/C=N/NS(=O)(=O)c2c(C)cc(C)cc2C)cc(Cl)c1OC. The number of hydrogen-bond acceptors (Lipinski definition) is 5. The maximum Gasteiger partial charge on any atom is 0.277 e. The molecular weight excluding hydrogens is 376 g/mol. The quantitative estimate of drug-likeness (QED) is 0.597. The highest BCUT2D eigenvalue weighted by molar-refractivity contribution is 7.89. The highest BCUT2D eigenvalue weighted by Crippen LogP contribution is 2.35. The molecule has 2 rings (SSSR count). The van der Waals surface area contributed by atoms with E-state index >= 15 is 0 Å². The van der Waals surface area contributed by atoms with Gasteiger partial charge in [0.25, 0.3) is 10.0 Å². The number of aryl methyl sites for hydroxylation is 3. The second-order valence-electron chi connectivity index (χ2n) is 5.82. The smallest absolute Gasteiger partial charge is 0.277 e. The summed E-state index contributed by atoms with van der Waals surface area (Å²) in [4.78, 5) is 2.46. The molecule has 2 aromatic rings. The molecule has 140 valence electrons. The second kappa shape index (κ2) is 7.97. The van der Waals surface area contributed by atoms with Crippen molar-refractivity contribution in [2.75, 3.05) is 14.2 Å². The molecule has 2 aromatic carbocycles. The van der Waals surface area contributed by atoms with E-state index < -0.39 is 10.0 Å². The molecule has 0 atom stereocenters. The topological polar surface area (TPSA) is 77.0 Å². The monoisotopic (exact) mass is 396 g/mol. The number of hydrogen-bond donors (Lipinski definition) is 1. The zero-order valence-electron chi connectivity index (χ0n) is 15.3. The summed E-state index contributed by atoms with van der Waals surface area (Å²) in [7, 11) is -0.813. The maximum atomic E-state index is 12.6. The minimum atomic E-state index is -3.78. The van der Waals surface area contributed by atoms with Gasteiger partial charge in [0.2, 0.25) is 0 Å². The first-order valence-corrected chi connectivity index (χ1v) is 9.60. The number of rotatable bonds is 6. The van der Waals surface area contributed by atoms with E-state index in [0.29, 0.717) is 33.2 Å². The molecule has 0 fully saturated rings. The van der Waals surface area contributed by atoms with Crippen molar-refractivity contribution in [3.8, 4) is 11.5 Å². The summed E-state index contributed by atoms with van der Waals surface area (Å²) in [6.07, 6.45) is 1.35. The summed E-state index contributed by atoms with van der Waals surface area (Å²) >= 11 is 6.13. The number of hydrazone groups is 1. The van der Waals surface area contributed by atoms with Crippen molar-refractivity contribution in [1.29, 1.82) is 0 Å². The van der Waals surface area contributed by atoms with Crippen LogP contribution in [0.1, 0.15) is 22.3 Å². The van der Waals surface area contributed by atoms with E-state index in [1.54, 1.807) is 26.0 Å². The minimum Gasteiger partial charge on any atom is -0.493 e. The molecule has 0 aliphatic heterocycles. The molecule has 0 aromatic heterocycles. The largest absolute Gasteiger partial charge is 0.493 e. The van der Waals surface area contributed by atoms with Crippen molar-refractivity contribution in [3.05, 3.63) is 51.5 Å². The van der Waals surface area contributed by atoms with Gasteiger partial charge < -0.3 is 9.47 Å². The fourth-order valence-corrected chi connectivity index (χ4v) is 4.36. The average Bonchev–Trinajstić information content (AvgIpc) is 2.52. The van der Waals surface area contributed by atoms with Crippen LogP contribution in [0.15, 0.2) is 34.3 Å². The Morgan fingerprint density at radius 1 is 1.04 bits per heavy atom. The first-order chi connectivity index (χ1) is 12.2. The lowest BCUT2D eigenvalue weighted by Gasteiger charge is -2.12. The van der Waals surface area contributed by atoms with Crippen LogP contribution in [-0.4, -0.2) is 28.9 Å². The van der Waals surface area contributed by atoms with Gasteiger partial charge in [-0.15, -0.1) is 0 Å². The van der Waals surface area contributed by atoms with E-state index in [-0.39, 0.29) is 4.90 Å². The van der Waals surface area contributed by atoms with E-state index in [0.717, 1.165) is 5.56 Å². The molecular formula is C18H21ClN2O4S. The normalized spacial score (nSPS) is 11.6. The molecule has 0 radical (unpaired) electrons. The molecule has 0 heterocycles. The average molecular weight is 397 g/mol. The minimum absolute atomic E-state index is 0.227. The molecule has 0 spiro atoms. The Hall–Kier alpha value is -2.25.